The zero-order valence-electron chi connectivity index (χ0n) is 21.8. The van der Waals surface area contributed by atoms with Gasteiger partial charge in [0.1, 0.15) is 6.61 Å². The van der Waals surface area contributed by atoms with Crippen LogP contribution in [-0.2, 0) is 27.4 Å². The molecule has 1 aliphatic heterocycles. The van der Waals surface area contributed by atoms with E-state index in [0.29, 0.717) is 18.7 Å². The van der Waals surface area contributed by atoms with Gasteiger partial charge in [-0.05, 0) is 33.9 Å². The number of benzene rings is 3. The molecule has 0 aliphatic carbocycles. The van der Waals surface area contributed by atoms with Crippen LogP contribution in [0.2, 0.25) is 0 Å². The number of rotatable bonds is 12. The summed E-state index contributed by atoms with van der Waals surface area (Å²) < 4.78 is 17.7. The molecule has 3 aromatic carbocycles. The van der Waals surface area contributed by atoms with Crippen molar-refractivity contribution in [3.8, 4) is 11.1 Å². The van der Waals surface area contributed by atoms with Gasteiger partial charge in [-0.1, -0.05) is 79.4 Å². The van der Waals surface area contributed by atoms with E-state index in [1.165, 1.54) is 6.08 Å². The summed E-state index contributed by atoms with van der Waals surface area (Å²) in [5.41, 5.74) is 5.87. The van der Waals surface area contributed by atoms with Crippen LogP contribution >= 0.6 is 11.8 Å². The molecule has 4 rings (SSSR count). The second kappa shape index (κ2) is 14.9. The second-order valence-corrected chi connectivity index (χ2v) is 10.4. The van der Waals surface area contributed by atoms with Gasteiger partial charge in [0.25, 0.3) is 0 Å². The lowest BCUT2D eigenvalue weighted by molar-refractivity contribution is -0.245. The highest BCUT2D eigenvalue weighted by Crippen LogP contribution is 2.39. The Morgan fingerprint density at radius 2 is 1.77 bits per heavy atom. The highest BCUT2D eigenvalue weighted by atomic mass is 32.2. The number of carbonyl (C=O) groups excluding carboxylic acids is 1. The monoisotopic (exact) mass is 549 g/mol. The number of amides is 1. The molecule has 1 saturated heterocycles. The maximum absolute atomic E-state index is 11.7. The van der Waals surface area contributed by atoms with Crippen LogP contribution in [0.5, 0.6) is 0 Å². The Kier molecular flexibility index (Phi) is 11.0. The first-order chi connectivity index (χ1) is 19.1. The van der Waals surface area contributed by atoms with Gasteiger partial charge >= 0.3 is 6.09 Å². The van der Waals surface area contributed by atoms with Crippen molar-refractivity contribution in [2.75, 3.05) is 24.7 Å². The molecule has 1 amide bonds. The quantitative estimate of drug-likeness (QED) is 0.202. The Morgan fingerprint density at radius 3 is 2.49 bits per heavy atom. The molecule has 0 radical (unpaired) electrons. The SMILES string of the molecule is C=CCOC(=O)NCc1cccc(-c2ccc([C@@H]3O[C@H](CSCCO)C[C@H](c4ccc(CO)cc4)O3)cc2)c1. The van der Waals surface area contributed by atoms with Crippen LogP contribution in [0.15, 0.2) is 85.5 Å². The molecule has 39 heavy (non-hydrogen) atoms. The maximum Gasteiger partial charge on any atom is 0.407 e. The summed E-state index contributed by atoms with van der Waals surface area (Å²) in [6, 6.07) is 24.0. The molecule has 0 saturated carbocycles. The topological polar surface area (TPSA) is 97.3 Å². The lowest BCUT2D eigenvalue weighted by Crippen LogP contribution is -2.31. The van der Waals surface area contributed by atoms with Crippen molar-refractivity contribution in [3.63, 3.8) is 0 Å². The molecule has 0 unspecified atom stereocenters. The van der Waals surface area contributed by atoms with Crippen molar-refractivity contribution in [1.29, 1.82) is 0 Å². The minimum atomic E-state index is -0.521. The summed E-state index contributed by atoms with van der Waals surface area (Å²) in [6.07, 6.45) is 1.08. The summed E-state index contributed by atoms with van der Waals surface area (Å²) in [5, 5.41) is 21.3. The number of aliphatic hydroxyl groups is 2. The maximum atomic E-state index is 11.7. The number of thioether (sulfide) groups is 1. The molecule has 0 aromatic heterocycles. The van der Waals surface area contributed by atoms with Crippen LogP contribution in [0.3, 0.4) is 0 Å². The predicted molar refractivity (Wildman–Crippen MR) is 153 cm³/mol. The smallest absolute Gasteiger partial charge is 0.407 e. The fourth-order valence-corrected chi connectivity index (χ4v) is 5.13. The van der Waals surface area contributed by atoms with Crippen molar-refractivity contribution in [2.45, 2.75) is 38.1 Å². The van der Waals surface area contributed by atoms with Gasteiger partial charge in [0, 0.05) is 30.0 Å². The van der Waals surface area contributed by atoms with Crippen LogP contribution in [0, 0.1) is 0 Å². The highest BCUT2D eigenvalue weighted by Gasteiger charge is 2.32. The normalized spacial score (nSPS) is 18.9. The molecule has 1 fully saturated rings. The van der Waals surface area contributed by atoms with Crippen LogP contribution in [0.25, 0.3) is 11.1 Å². The van der Waals surface area contributed by atoms with Gasteiger partial charge < -0.3 is 29.7 Å². The molecule has 1 heterocycles. The van der Waals surface area contributed by atoms with Crippen LogP contribution < -0.4 is 5.32 Å². The van der Waals surface area contributed by atoms with Crippen molar-refractivity contribution in [3.05, 3.63) is 108 Å². The first kappa shape index (κ1) is 28.9. The molecule has 206 valence electrons. The van der Waals surface area contributed by atoms with E-state index in [4.69, 9.17) is 14.2 Å². The molecule has 3 aromatic rings. The number of ether oxygens (including phenoxy) is 3. The minimum Gasteiger partial charge on any atom is -0.445 e. The Morgan fingerprint density at radius 1 is 1.00 bits per heavy atom. The van der Waals surface area contributed by atoms with Gasteiger partial charge in [0.2, 0.25) is 0 Å². The van der Waals surface area contributed by atoms with Crippen molar-refractivity contribution < 1.29 is 29.2 Å². The van der Waals surface area contributed by atoms with Crippen LogP contribution in [-0.4, -0.2) is 47.1 Å². The van der Waals surface area contributed by atoms with Gasteiger partial charge in [0.15, 0.2) is 6.29 Å². The lowest BCUT2D eigenvalue weighted by Gasteiger charge is -2.36. The number of nitrogens with one attached hydrogen (secondary N) is 1. The van der Waals surface area contributed by atoms with Crippen molar-refractivity contribution in [1.82, 2.24) is 5.32 Å². The third-order valence-electron chi connectivity index (χ3n) is 6.37. The van der Waals surface area contributed by atoms with Gasteiger partial charge in [-0.3, -0.25) is 0 Å². The van der Waals surface area contributed by atoms with Crippen LogP contribution in [0.1, 0.15) is 41.1 Å². The molecule has 7 nitrogen and oxygen atoms in total. The number of hydrogen-bond acceptors (Lipinski definition) is 7. The van der Waals surface area contributed by atoms with E-state index in [2.05, 4.69) is 11.9 Å². The third kappa shape index (κ3) is 8.42. The van der Waals surface area contributed by atoms with Crippen molar-refractivity contribution in [2.24, 2.45) is 0 Å². The van der Waals surface area contributed by atoms with E-state index in [-0.39, 0.29) is 32.0 Å². The van der Waals surface area contributed by atoms with Gasteiger partial charge in [0.05, 0.1) is 25.4 Å². The molecule has 8 heteroatoms. The Balaban J connectivity index is 1.46. The average molecular weight is 550 g/mol. The number of hydrogen-bond donors (Lipinski definition) is 3. The zero-order valence-corrected chi connectivity index (χ0v) is 22.6. The van der Waals surface area contributed by atoms with E-state index in [1.807, 2.05) is 72.8 Å². The molecule has 0 bridgehead atoms. The number of alkyl carbamates (subject to hydrolysis) is 1. The number of aliphatic hydroxyl groups excluding tert-OH is 2. The minimum absolute atomic E-state index is 0.00596. The summed E-state index contributed by atoms with van der Waals surface area (Å²) in [7, 11) is 0. The van der Waals surface area contributed by atoms with Gasteiger partial charge in [-0.15, -0.1) is 0 Å². The molecule has 0 spiro atoms. The molecular weight excluding hydrogens is 514 g/mol. The average Bonchev–Trinajstić information content (AvgIpc) is 2.99. The largest absolute Gasteiger partial charge is 0.445 e. The zero-order chi connectivity index (χ0) is 27.5. The lowest BCUT2D eigenvalue weighted by atomic mass is 9.99. The van der Waals surface area contributed by atoms with Gasteiger partial charge in [-0.2, -0.15) is 11.8 Å². The van der Waals surface area contributed by atoms with Crippen molar-refractivity contribution >= 4 is 17.9 Å². The Hall–Kier alpha value is -3.14. The van der Waals surface area contributed by atoms with E-state index in [0.717, 1.165) is 39.1 Å². The third-order valence-corrected chi connectivity index (χ3v) is 7.45. The van der Waals surface area contributed by atoms with E-state index < -0.39 is 12.4 Å². The summed E-state index contributed by atoms with van der Waals surface area (Å²) in [6.45, 7) is 4.22. The van der Waals surface area contributed by atoms with E-state index in [1.54, 1.807) is 11.8 Å². The van der Waals surface area contributed by atoms with Crippen LogP contribution in [0.4, 0.5) is 4.79 Å². The molecule has 3 atom stereocenters. The van der Waals surface area contributed by atoms with E-state index >= 15 is 0 Å². The van der Waals surface area contributed by atoms with Gasteiger partial charge in [-0.25, -0.2) is 4.79 Å². The Labute approximate surface area is 233 Å². The molecule has 1 aliphatic rings. The predicted octanol–water partition coefficient (Wildman–Crippen LogP) is 5.53. The first-order valence-electron chi connectivity index (χ1n) is 13.0. The molecular formula is C31H35NO6S. The summed E-state index contributed by atoms with van der Waals surface area (Å²) >= 11 is 1.67. The Bertz CT molecular complexity index is 1200. The summed E-state index contributed by atoms with van der Waals surface area (Å²) in [5.74, 6) is 1.44. The molecule has 3 N–H and O–H groups in total. The van der Waals surface area contributed by atoms with E-state index in [9.17, 15) is 15.0 Å². The second-order valence-electron chi connectivity index (χ2n) is 9.21. The fraction of sp³-hybridized carbons (Fsp3) is 0.323. The standard InChI is InChI=1S/C31H35NO6S/c1-2-15-36-31(35)32-19-23-4-3-5-27(17-23)24-10-12-26(13-11-24)30-37-28(21-39-16-14-33)18-29(38-30)25-8-6-22(20-34)7-9-25/h2-13,17,28-30,33-34H,1,14-16,18-21H2,(H,32,35)/t28-,29+,30+/m0/s1. The summed E-state index contributed by atoms with van der Waals surface area (Å²) in [4.78, 5) is 11.7. The highest BCUT2D eigenvalue weighted by molar-refractivity contribution is 7.99. The number of carbonyl (C=O) groups is 1. The first-order valence-corrected chi connectivity index (χ1v) is 14.1. The fourth-order valence-electron chi connectivity index (χ4n) is 4.36.